The summed E-state index contributed by atoms with van der Waals surface area (Å²) in [5.41, 5.74) is 3.92. The number of halogens is 1. The highest BCUT2D eigenvalue weighted by Crippen LogP contribution is 2.17. The fraction of sp³-hybridized carbons (Fsp3) is 0.429. The van der Waals surface area contributed by atoms with Gasteiger partial charge in [-0.1, -0.05) is 56.7 Å². The second-order valence-electron chi connectivity index (χ2n) is 4.11. The third-order valence-corrected chi connectivity index (χ3v) is 2.94. The smallest absolute Gasteiger partial charge is 0.0436 e. The number of rotatable bonds is 4. The van der Waals surface area contributed by atoms with E-state index in [0.717, 1.165) is 6.42 Å². The lowest BCUT2D eigenvalue weighted by Gasteiger charge is -2.05. The average Bonchev–Trinajstić information content (AvgIpc) is 2.26. The second-order valence-corrected chi connectivity index (χ2v) is 4.38. The molecule has 0 aliphatic rings. The van der Waals surface area contributed by atoms with E-state index in [4.69, 9.17) is 11.6 Å². The zero-order valence-corrected chi connectivity index (χ0v) is 10.5. The summed E-state index contributed by atoms with van der Waals surface area (Å²) >= 11 is 5.83. The van der Waals surface area contributed by atoms with Crippen molar-refractivity contribution in [3.8, 4) is 0 Å². The summed E-state index contributed by atoms with van der Waals surface area (Å²) in [4.78, 5) is 0. The molecule has 0 aliphatic carbocycles. The fourth-order valence-corrected chi connectivity index (χ4v) is 1.71. The first-order valence-corrected chi connectivity index (χ1v) is 6.06. The number of alkyl halides is 1. The van der Waals surface area contributed by atoms with Gasteiger partial charge in [0.25, 0.3) is 0 Å². The first-order chi connectivity index (χ1) is 7.17. The van der Waals surface area contributed by atoms with Crippen molar-refractivity contribution in [2.45, 2.75) is 33.1 Å². The van der Waals surface area contributed by atoms with Crippen molar-refractivity contribution in [1.29, 1.82) is 0 Å². The highest BCUT2D eigenvalue weighted by Gasteiger charge is 1.98. The van der Waals surface area contributed by atoms with E-state index in [1.807, 2.05) is 0 Å². The molecule has 0 heterocycles. The minimum Gasteiger partial charge on any atom is -0.122 e. The van der Waals surface area contributed by atoms with Gasteiger partial charge in [0, 0.05) is 5.88 Å². The van der Waals surface area contributed by atoms with Crippen molar-refractivity contribution in [3.05, 3.63) is 41.0 Å². The first kappa shape index (κ1) is 12.3. The van der Waals surface area contributed by atoms with E-state index in [1.165, 1.54) is 16.7 Å². The molecule has 1 aromatic carbocycles. The van der Waals surface area contributed by atoms with E-state index >= 15 is 0 Å². The van der Waals surface area contributed by atoms with Crippen LogP contribution in [0.15, 0.2) is 29.8 Å². The average molecular weight is 223 g/mol. The van der Waals surface area contributed by atoms with Crippen molar-refractivity contribution < 1.29 is 0 Å². The van der Waals surface area contributed by atoms with Crippen LogP contribution in [0.4, 0.5) is 0 Å². The van der Waals surface area contributed by atoms with Crippen LogP contribution in [-0.4, -0.2) is 5.88 Å². The largest absolute Gasteiger partial charge is 0.122 e. The van der Waals surface area contributed by atoms with Gasteiger partial charge < -0.3 is 0 Å². The van der Waals surface area contributed by atoms with Crippen LogP contribution in [0.5, 0.6) is 0 Å². The summed E-state index contributed by atoms with van der Waals surface area (Å²) in [5.74, 6) is 1.23. The highest BCUT2D eigenvalue weighted by atomic mass is 35.5. The van der Waals surface area contributed by atoms with Gasteiger partial charge in [-0.3, -0.25) is 0 Å². The predicted octanol–water partition coefficient (Wildman–Crippen LogP) is 4.84. The number of benzene rings is 1. The maximum Gasteiger partial charge on any atom is 0.0436 e. The van der Waals surface area contributed by atoms with Crippen LogP contribution >= 0.6 is 11.6 Å². The number of allylic oxidation sites excluding steroid dienone is 1. The molecule has 0 aliphatic heterocycles. The zero-order chi connectivity index (χ0) is 11.3. The molecular weight excluding hydrogens is 204 g/mol. The number of hydrogen-bond donors (Lipinski definition) is 0. The molecule has 0 spiro atoms. The van der Waals surface area contributed by atoms with Crippen LogP contribution in [0.2, 0.25) is 0 Å². The molecule has 0 fully saturated rings. The molecule has 0 aromatic heterocycles. The molecule has 0 nitrogen and oxygen atoms in total. The van der Waals surface area contributed by atoms with Gasteiger partial charge in [0.15, 0.2) is 0 Å². The van der Waals surface area contributed by atoms with Crippen LogP contribution in [0, 0.1) is 0 Å². The zero-order valence-electron chi connectivity index (χ0n) is 9.76. The Balaban J connectivity index is 2.84. The Kier molecular flexibility index (Phi) is 4.90. The monoisotopic (exact) mass is 222 g/mol. The second kappa shape index (κ2) is 5.97. The van der Waals surface area contributed by atoms with Crippen LogP contribution in [0.1, 0.15) is 44.2 Å². The summed E-state index contributed by atoms with van der Waals surface area (Å²) in [6.45, 7) is 6.55. The topological polar surface area (TPSA) is 0 Å². The van der Waals surface area contributed by atoms with E-state index in [1.54, 1.807) is 0 Å². The fourth-order valence-electron chi connectivity index (χ4n) is 1.45. The molecule has 0 saturated heterocycles. The Bertz CT molecular complexity index is 314. The summed E-state index contributed by atoms with van der Waals surface area (Å²) in [6, 6.07) is 8.71. The van der Waals surface area contributed by atoms with Crippen molar-refractivity contribution in [2.24, 2.45) is 0 Å². The maximum atomic E-state index is 5.83. The van der Waals surface area contributed by atoms with Crippen LogP contribution in [0.3, 0.4) is 0 Å². The normalized spacial score (nSPS) is 12.2. The van der Waals surface area contributed by atoms with E-state index in [2.05, 4.69) is 51.1 Å². The molecule has 1 heteroatoms. The SMILES string of the molecule is CCC(=Cc1ccc(C(C)C)cc1)CCl. The molecule has 0 unspecified atom stereocenters. The third-order valence-electron chi connectivity index (χ3n) is 2.60. The van der Waals surface area contributed by atoms with Crippen LogP contribution in [-0.2, 0) is 0 Å². The molecule has 0 atom stereocenters. The summed E-state index contributed by atoms with van der Waals surface area (Å²) in [7, 11) is 0. The van der Waals surface area contributed by atoms with Gasteiger partial charge in [0.2, 0.25) is 0 Å². The predicted molar refractivity (Wildman–Crippen MR) is 69.5 cm³/mol. The quantitative estimate of drug-likeness (QED) is 0.640. The summed E-state index contributed by atoms with van der Waals surface area (Å²) < 4.78 is 0. The van der Waals surface area contributed by atoms with Gasteiger partial charge in [0.1, 0.15) is 0 Å². The molecule has 0 N–H and O–H groups in total. The molecule has 1 aromatic rings. The maximum absolute atomic E-state index is 5.83. The van der Waals surface area contributed by atoms with Crippen LogP contribution in [0.25, 0.3) is 6.08 Å². The van der Waals surface area contributed by atoms with Gasteiger partial charge in [0.05, 0.1) is 0 Å². The van der Waals surface area contributed by atoms with Gasteiger partial charge in [-0.05, 0) is 23.5 Å². The molecular formula is C14H19Cl. The van der Waals surface area contributed by atoms with Crippen molar-refractivity contribution in [2.75, 3.05) is 5.88 Å². The van der Waals surface area contributed by atoms with E-state index in [9.17, 15) is 0 Å². The van der Waals surface area contributed by atoms with Gasteiger partial charge >= 0.3 is 0 Å². The Hall–Kier alpha value is -0.750. The first-order valence-electron chi connectivity index (χ1n) is 5.52. The Morgan fingerprint density at radius 2 is 1.87 bits per heavy atom. The number of hydrogen-bond acceptors (Lipinski definition) is 0. The molecule has 1 rings (SSSR count). The minimum atomic E-state index is 0.599. The Labute approximate surface area is 98.0 Å². The van der Waals surface area contributed by atoms with Crippen LogP contribution < -0.4 is 0 Å². The van der Waals surface area contributed by atoms with Gasteiger partial charge in [-0.2, -0.15) is 0 Å². The molecule has 0 amide bonds. The third kappa shape index (κ3) is 3.71. The van der Waals surface area contributed by atoms with Gasteiger partial charge in [-0.15, -0.1) is 11.6 Å². The molecule has 82 valence electrons. The van der Waals surface area contributed by atoms with E-state index < -0.39 is 0 Å². The molecule has 0 bridgehead atoms. The lowest BCUT2D eigenvalue weighted by molar-refractivity contribution is 0.866. The molecule has 0 radical (unpaired) electrons. The lowest BCUT2D eigenvalue weighted by Crippen LogP contribution is -1.87. The van der Waals surface area contributed by atoms with Gasteiger partial charge in [-0.25, -0.2) is 0 Å². The van der Waals surface area contributed by atoms with E-state index in [-0.39, 0.29) is 0 Å². The lowest BCUT2D eigenvalue weighted by atomic mass is 10.0. The Morgan fingerprint density at radius 1 is 1.27 bits per heavy atom. The molecule has 15 heavy (non-hydrogen) atoms. The van der Waals surface area contributed by atoms with Crippen molar-refractivity contribution >= 4 is 17.7 Å². The highest BCUT2D eigenvalue weighted by molar-refractivity contribution is 6.19. The van der Waals surface area contributed by atoms with E-state index in [0.29, 0.717) is 11.8 Å². The van der Waals surface area contributed by atoms with Crippen molar-refractivity contribution in [1.82, 2.24) is 0 Å². The van der Waals surface area contributed by atoms with Crippen molar-refractivity contribution in [3.63, 3.8) is 0 Å². The Morgan fingerprint density at radius 3 is 2.27 bits per heavy atom. The standard InChI is InChI=1S/C14H19Cl/c1-4-12(10-15)9-13-5-7-14(8-6-13)11(2)3/h5-9,11H,4,10H2,1-3H3. The summed E-state index contributed by atoms with van der Waals surface area (Å²) in [5, 5.41) is 0. The molecule has 0 saturated carbocycles. The minimum absolute atomic E-state index is 0.599. The summed E-state index contributed by atoms with van der Waals surface area (Å²) in [6.07, 6.45) is 3.20.